The molecule has 9 heteroatoms. The summed E-state index contributed by atoms with van der Waals surface area (Å²) >= 11 is 0. The van der Waals surface area contributed by atoms with Crippen LogP contribution >= 0.6 is 0 Å². The van der Waals surface area contributed by atoms with Crippen LogP contribution in [-0.4, -0.2) is 38.9 Å². The molecule has 148 valence electrons. The van der Waals surface area contributed by atoms with Gasteiger partial charge in [0.2, 0.25) is 5.75 Å². The zero-order valence-electron chi connectivity index (χ0n) is 15.5. The number of hydrazone groups is 1. The number of rotatable bonds is 8. The normalized spacial score (nSPS) is 10.4. The molecule has 0 aromatic heterocycles. The molecule has 0 radical (unpaired) electrons. The first kappa shape index (κ1) is 20.7. The third-order valence-electron chi connectivity index (χ3n) is 3.32. The van der Waals surface area contributed by atoms with Gasteiger partial charge in [0.1, 0.15) is 11.6 Å². The highest BCUT2D eigenvalue weighted by Gasteiger charge is 2.15. The number of benzene rings is 2. The average Bonchev–Trinajstić information content (AvgIpc) is 2.67. The van der Waals surface area contributed by atoms with E-state index in [0.717, 1.165) is 0 Å². The predicted molar refractivity (Wildman–Crippen MR) is 98.5 cm³/mol. The Kier molecular flexibility index (Phi) is 7.32. The number of halogens is 1. The summed E-state index contributed by atoms with van der Waals surface area (Å²) in [6.45, 7) is 0.971. The van der Waals surface area contributed by atoms with E-state index in [4.69, 9.17) is 18.9 Å². The van der Waals surface area contributed by atoms with Crippen LogP contribution in [0.25, 0.3) is 0 Å². The SMILES string of the molecule is COc1cc(/C=N/NC(=O)COc2ccc(F)cc2)cc(OC)c1OC(C)=O. The van der Waals surface area contributed by atoms with Crippen molar-refractivity contribution in [3.8, 4) is 23.0 Å². The number of carbonyl (C=O) groups is 2. The van der Waals surface area contributed by atoms with Crippen LogP contribution in [0.2, 0.25) is 0 Å². The minimum atomic E-state index is -0.522. The van der Waals surface area contributed by atoms with Gasteiger partial charge < -0.3 is 18.9 Å². The number of nitrogens with zero attached hydrogens (tertiary/aromatic N) is 1. The lowest BCUT2D eigenvalue weighted by Crippen LogP contribution is -2.24. The maximum atomic E-state index is 12.8. The fraction of sp³-hybridized carbons (Fsp3) is 0.211. The molecule has 2 aromatic carbocycles. The van der Waals surface area contributed by atoms with Crippen LogP contribution < -0.4 is 24.4 Å². The molecule has 0 heterocycles. The second-order valence-corrected chi connectivity index (χ2v) is 5.38. The first-order chi connectivity index (χ1) is 13.4. The van der Waals surface area contributed by atoms with Gasteiger partial charge in [-0.25, -0.2) is 9.82 Å². The molecule has 0 saturated carbocycles. The fourth-order valence-corrected chi connectivity index (χ4v) is 2.11. The monoisotopic (exact) mass is 390 g/mol. The summed E-state index contributed by atoms with van der Waals surface area (Å²) in [7, 11) is 2.83. The number of carbonyl (C=O) groups excluding carboxylic acids is 2. The third-order valence-corrected chi connectivity index (χ3v) is 3.32. The Labute approximate surface area is 160 Å². The zero-order valence-corrected chi connectivity index (χ0v) is 15.5. The quantitative estimate of drug-likeness (QED) is 0.322. The summed E-state index contributed by atoms with van der Waals surface area (Å²) in [6, 6.07) is 8.40. The number of amides is 1. The molecule has 0 fully saturated rings. The molecule has 0 aliphatic heterocycles. The standard InChI is InChI=1S/C19H19FN2O6/c1-12(23)28-19-16(25-2)8-13(9-17(19)26-3)10-21-22-18(24)11-27-15-6-4-14(20)5-7-15/h4-10H,11H2,1-3H3,(H,22,24)/b21-10+. The van der Waals surface area contributed by atoms with Crippen molar-refractivity contribution in [3.63, 3.8) is 0 Å². The fourth-order valence-electron chi connectivity index (χ4n) is 2.11. The molecule has 0 atom stereocenters. The van der Waals surface area contributed by atoms with E-state index in [1.165, 1.54) is 51.6 Å². The van der Waals surface area contributed by atoms with Crippen molar-refractivity contribution in [2.75, 3.05) is 20.8 Å². The van der Waals surface area contributed by atoms with E-state index in [1.807, 2.05) is 0 Å². The Bertz CT molecular complexity index is 842. The van der Waals surface area contributed by atoms with E-state index in [2.05, 4.69) is 10.5 Å². The van der Waals surface area contributed by atoms with Gasteiger partial charge in [0, 0.05) is 12.5 Å². The third kappa shape index (κ3) is 5.97. The molecule has 0 saturated heterocycles. The van der Waals surface area contributed by atoms with Crippen molar-refractivity contribution in [2.45, 2.75) is 6.92 Å². The topological polar surface area (TPSA) is 95.5 Å². The highest BCUT2D eigenvalue weighted by Crippen LogP contribution is 2.38. The van der Waals surface area contributed by atoms with Crippen LogP contribution in [0.5, 0.6) is 23.0 Å². The van der Waals surface area contributed by atoms with Crippen molar-refractivity contribution in [1.29, 1.82) is 0 Å². The molecule has 1 amide bonds. The first-order valence-electron chi connectivity index (χ1n) is 8.07. The van der Waals surface area contributed by atoms with Gasteiger partial charge in [0.05, 0.1) is 20.4 Å². The molecule has 0 unspecified atom stereocenters. The molecule has 2 rings (SSSR count). The zero-order chi connectivity index (χ0) is 20.5. The molecule has 0 bridgehead atoms. The second-order valence-electron chi connectivity index (χ2n) is 5.38. The minimum absolute atomic E-state index is 0.145. The van der Waals surface area contributed by atoms with Crippen LogP contribution in [0, 0.1) is 5.82 Å². The summed E-state index contributed by atoms with van der Waals surface area (Å²) in [5.41, 5.74) is 2.83. The molecule has 28 heavy (non-hydrogen) atoms. The molecule has 0 spiro atoms. The first-order valence-corrected chi connectivity index (χ1v) is 8.07. The van der Waals surface area contributed by atoms with Gasteiger partial charge in [0.25, 0.3) is 5.91 Å². The summed E-state index contributed by atoms with van der Waals surface area (Å²) in [5, 5.41) is 3.83. The van der Waals surface area contributed by atoms with E-state index >= 15 is 0 Å². The van der Waals surface area contributed by atoms with Crippen molar-refractivity contribution in [1.82, 2.24) is 5.43 Å². The van der Waals surface area contributed by atoms with Crippen LogP contribution in [0.15, 0.2) is 41.5 Å². The van der Waals surface area contributed by atoms with Crippen molar-refractivity contribution >= 4 is 18.1 Å². The Balaban J connectivity index is 1.99. The molecular formula is C19H19FN2O6. The van der Waals surface area contributed by atoms with Crippen molar-refractivity contribution in [3.05, 3.63) is 47.8 Å². The van der Waals surface area contributed by atoms with Crippen LogP contribution in [0.1, 0.15) is 12.5 Å². The minimum Gasteiger partial charge on any atom is -0.493 e. The lowest BCUT2D eigenvalue weighted by molar-refractivity contribution is -0.132. The van der Waals surface area contributed by atoms with E-state index < -0.39 is 17.7 Å². The predicted octanol–water partition coefficient (Wildman–Crippen LogP) is 2.30. The summed E-state index contributed by atoms with van der Waals surface area (Å²) in [6.07, 6.45) is 1.36. The van der Waals surface area contributed by atoms with Gasteiger partial charge in [0.15, 0.2) is 18.1 Å². The number of ether oxygens (including phenoxy) is 4. The Morgan fingerprint density at radius 3 is 2.25 bits per heavy atom. The number of methoxy groups -OCH3 is 2. The Morgan fingerprint density at radius 1 is 1.11 bits per heavy atom. The van der Waals surface area contributed by atoms with E-state index in [0.29, 0.717) is 11.3 Å². The highest BCUT2D eigenvalue weighted by molar-refractivity contribution is 5.85. The number of nitrogens with one attached hydrogen (secondary N) is 1. The van der Waals surface area contributed by atoms with Gasteiger partial charge in [-0.05, 0) is 36.4 Å². The van der Waals surface area contributed by atoms with E-state index in [1.54, 1.807) is 12.1 Å². The highest BCUT2D eigenvalue weighted by atomic mass is 19.1. The van der Waals surface area contributed by atoms with Gasteiger partial charge in [-0.3, -0.25) is 9.59 Å². The molecule has 0 aliphatic rings. The molecule has 8 nitrogen and oxygen atoms in total. The summed E-state index contributed by atoms with van der Waals surface area (Å²) in [4.78, 5) is 23.0. The van der Waals surface area contributed by atoms with Crippen LogP contribution in [0.3, 0.4) is 0 Å². The van der Waals surface area contributed by atoms with Crippen molar-refractivity contribution in [2.24, 2.45) is 5.10 Å². The summed E-state index contributed by atoms with van der Waals surface area (Å²) in [5.74, 6) is -0.388. The van der Waals surface area contributed by atoms with Crippen LogP contribution in [0.4, 0.5) is 4.39 Å². The number of hydrogen-bond acceptors (Lipinski definition) is 7. The van der Waals surface area contributed by atoms with Crippen molar-refractivity contribution < 1.29 is 32.9 Å². The summed E-state index contributed by atoms with van der Waals surface area (Å²) < 4.78 is 33.5. The molecule has 0 aliphatic carbocycles. The van der Waals surface area contributed by atoms with Gasteiger partial charge in [-0.15, -0.1) is 0 Å². The smallest absolute Gasteiger partial charge is 0.308 e. The number of esters is 1. The van der Waals surface area contributed by atoms with E-state index in [-0.39, 0.29) is 23.9 Å². The van der Waals surface area contributed by atoms with Gasteiger partial charge in [-0.1, -0.05) is 0 Å². The Hall–Kier alpha value is -3.62. The van der Waals surface area contributed by atoms with Crippen LogP contribution in [-0.2, 0) is 9.59 Å². The molecule has 2 aromatic rings. The maximum Gasteiger partial charge on any atom is 0.308 e. The Morgan fingerprint density at radius 2 is 1.71 bits per heavy atom. The lowest BCUT2D eigenvalue weighted by atomic mass is 10.2. The largest absolute Gasteiger partial charge is 0.493 e. The van der Waals surface area contributed by atoms with Gasteiger partial charge in [-0.2, -0.15) is 5.10 Å². The molecular weight excluding hydrogens is 371 g/mol. The number of hydrogen-bond donors (Lipinski definition) is 1. The second kappa shape index (κ2) is 9.91. The molecule has 1 N–H and O–H groups in total. The lowest BCUT2D eigenvalue weighted by Gasteiger charge is -2.13. The average molecular weight is 390 g/mol. The van der Waals surface area contributed by atoms with E-state index in [9.17, 15) is 14.0 Å². The van der Waals surface area contributed by atoms with Gasteiger partial charge >= 0.3 is 5.97 Å². The maximum absolute atomic E-state index is 12.8.